The minimum atomic E-state index is -0.215. The van der Waals surface area contributed by atoms with Crippen LogP contribution in [0.5, 0.6) is 0 Å². The molecule has 1 aromatic carbocycles. The molecule has 0 bridgehead atoms. The number of halogens is 2. The van der Waals surface area contributed by atoms with Gasteiger partial charge in [-0.05, 0) is 52.0 Å². The Morgan fingerprint density at radius 3 is 3.00 bits per heavy atom. The Bertz CT molecular complexity index is 565. The van der Waals surface area contributed by atoms with Crippen LogP contribution in [0.1, 0.15) is 12.5 Å². The van der Waals surface area contributed by atoms with Crippen molar-refractivity contribution < 1.29 is 9.53 Å². The van der Waals surface area contributed by atoms with Gasteiger partial charge in [0.15, 0.2) is 0 Å². The Labute approximate surface area is 117 Å². The van der Waals surface area contributed by atoms with Crippen molar-refractivity contribution in [3.63, 3.8) is 0 Å². The molecule has 1 aromatic heterocycles. The number of hydrogen-bond acceptors (Lipinski definition) is 3. The zero-order chi connectivity index (χ0) is 12.4. The number of ether oxygens (including phenoxy) is 1. The maximum atomic E-state index is 11.5. The Kier molecular flexibility index (Phi) is 4.07. The van der Waals surface area contributed by atoms with Gasteiger partial charge in [0.1, 0.15) is 0 Å². The molecule has 17 heavy (non-hydrogen) atoms. The third-order valence-corrected chi connectivity index (χ3v) is 4.53. The first-order valence-electron chi connectivity index (χ1n) is 5.14. The first kappa shape index (κ1) is 12.9. The van der Waals surface area contributed by atoms with Crippen molar-refractivity contribution in [2.75, 3.05) is 6.61 Å². The number of rotatable bonds is 3. The highest BCUT2D eigenvalue weighted by atomic mass is 79.9. The summed E-state index contributed by atoms with van der Waals surface area (Å²) in [6, 6.07) is 5.69. The van der Waals surface area contributed by atoms with Crippen LogP contribution >= 0.6 is 38.9 Å². The number of esters is 1. The van der Waals surface area contributed by atoms with Crippen LogP contribution in [0, 0.1) is 0 Å². The summed E-state index contributed by atoms with van der Waals surface area (Å²) in [5.41, 5.74) is 0.950. The fourth-order valence-corrected chi connectivity index (χ4v) is 3.59. The van der Waals surface area contributed by atoms with Crippen LogP contribution in [0.15, 0.2) is 22.0 Å². The monoisotopic (exact) mass is 332 g/mol. The van der Waals surface area contributed by atoms with Crippen LogP contribution in [0.4, 0.5) is 0 Å². The van der Waals surface area contributed by atoms with Crippen LogP contribution in [-0.2, 0) is 16.0 Å². The predicted octanol–water partition coefficient (Wildman–Crippen LogP) is 4.42. The van der Waals surface area contributed by atoms with Gasteiger partial charge in [-0.1, -0.05) is 11.6 Å². The molecule has 2 aromatic rings. The van der Waals surface area contributed by atoms with Crippen molar-refractivity contribution in [1.29, 1.82) is 0 Å². The first-order chi connectivity index (χ1) is 8.11. The molecule has 0 saturated heterocycles. The third kappa shape index (κ3) is 2.81. The summed E-state index contributed by atoms with van der Waals surface area (Å²) in [5, 5.41) is 1.69. The molecular formula is C12H10BrClO2S. The zero-order valence-electron chi connectivity index (χ0n) is 9.13. The molecule has 5 heteroatoms. The van der Waals surface area contributed by atoms with E-state index >= 15 is 0 Å². The van der Waals surface area contributed by atoms with Crippen LogP contribution < -0.4 is 0 Å². The van der Waals surface area contributed by atoms with Crippen LogP contribution in [0.3, 0.4) is 0 Å². The van der Waals surface area contributed by atoms with Crippen molar-refractivity contribution >= 4 is 54.9 Å². The fourth-order valence-electron chi connectivity index (χ4n) is 1.61. The van der Waals surface area contributed by atoms with E-state index in [2.05, 4.69) is 15.9 Å². The first-order valence-corrected chi connectivity index (χ1v) is 7.12. The summed E-state index contributed by atoms with van der Waals surface area (Å²) >= 11 is 11.0. The molecule has 90 valence electrons. The summed E-state index contributed by atoms with van der Waals surface area (Å²) in [7, 11) is 0. The van der Waals surface area contributed by atoms with E-state index in [0.29, 0.717) is 11.6 Å². The Balaban J connectivity index is 2.41. The lowest BCUT2D eigenvalue weighted by molar-refractivity contribution is -0.142. The second-order valence-corrected chi connectivity index (χ2v) is 6.28. The molecule has 0 saturated carbocycles. The summed E-state index contributed by atoms with van der Waals surface area (Å²) in [6.45, 7) is 2.20. The minimum absolute atomic E-state index is 0.215. The summed E-state index contributed by atoms with van der Waals surface area (Å²) < 4.78 is 7.03. The molecule has 0 unspecified atom stereocenters. The highest BCUT2D eigenvalue weighted by Crippen LogP contribution is 2.37. The zero-order valence-corrected chi connectivity index (χ0v) is 12.3. The fraction of sp³-hybridized carbons (Fsp3) is 0.250. The SMILES string of the molecule is CCOC(=O)Cc1c(Br)sc2ccc(Cl)cc12. The topological polar surface area (TPSA) is 26.3 Å². The number of carbonyl (C=O) groups is 1. The van der Waals surface area contributed by atoms with E-state index in [4.69, 9.17) is 16.3 Å². The largest absolute Gasteiger partial charge is 0.466 e. The molecule has 0 aliphatic rings. The van der Waals surface area contributed by atoms with Crippen LogP contribution in [-0.4, -0.2) is 12.6 Å². The summed E-state index contributed by atoms with van der Waals surface area (Å²) in [5.74, 6) is -0.215. The van der Waals surface area contributed by atoms with Gasteiger partial charge in [-0.3, -0.25) is 4.79 Å². The maximum Gasteiger partial charge on any atom is 0.310 e. The average Bonchev–Trinajstić information content (AvgIpc) is 2.56. The lowest BCUT2D eigenvalue weighted by Crippen LogP contribution is -2.07. The molecule has 0 N–H and O–H groups in total. The Morgan fingerprint density at radius 1 is 1.53 bits per heavy atom. The van der Waals surface area contributed by atoms with Gasteiger partial charge >= 0.3 is 5.97 Å². The number of benzene rings is 1. The van der Waals surface area contributed by atoms with Gasteiger partial charge in [0.25, 0.3) is 0 Å². The van der Waals surface area contributed by atoms with Crippen LogP contribution in [0.25, 0.3) is 10.1 Å². The standard InChI is InChI=1S/C12H10BrClO2S/c1-2-16-11(15)6-9-8-5-7(14)3-4-10(8)17-12(9)13/h3-5H,2,6H2,1H3. The lowest BCUT2D eigenvalue weighted by Gasteiger charge is -2.02. The number of thiophene rings is 1. The van der Waals surface area contributed by atoms with E-state index in [1.807, 2.05) is 18.2 Å². The molecular weight excluding hydrogens is 324 g/mol. The molecule has 0 aliphatic carbocycles. The predicted molar refractivity (Wildman–Crippen MR) is 74.9 cm³/mol. The van der Waals surface area contributed by atoms with E-state index in [9.17, 15) is 4.79 Å². The normalized spacial score (nSPS) is 10.8. The van der Waals surface area contributed by atoms with Crippen molar-refractivity contribution in [2.24, 2.45) is 0 Å². The van der Waals surface area contributed by atoms with E-state index in [1.165, 1.54) is 0 Å². The molecule has 2 rings (SSSR count). The second-order valence-electron chi connectivity index (χ2n) is 3.48. The number of fused-ring (bicyclic) bond motifs is 1. The molecule has 2 nitrogen and oxygen atoms in total. The van der Waals surface area contributed by atoms with Gasteiger partial charge < -0.3 is 4.74 Å². The second kappa shape index (κ2) is 5.38. The molecule has 1 heterocycles. The quantitative estimate of drug-likeness (QED) is 0.777. The van der Waals surface area contributed by atoms with Gasteiger partial charge in [0.05, 0.1) is 16.8 Å². The number of carbonyl (C=O) groups excluding carboxylic acids is 1. The maximum absolute atomic E-state index is 11.5. The van der Waals surface area contributed by atoms with E-state index in [0.717, 1.165) is 19.4 Å². The van der Waals surface area contributed by atoms with E-state index in [-0.39, 0.29) is 12.4 Å². The molecule has 0 aliphatic heterocycles. The molecule has 0 fully saturated rings. The van der Waals surface area contributed by atoms with E-state index < -0.39 is 0 Å². The van der Waals surface area contributed by atoms with Crippen LogP contribution in [0.2, 0.25) is 5.02 Å². The smallest absolute Gasteiger partial charge is 0.310 e. The summed E-state index contributed by atoms with van der Waals surface area (Å²) in [6.07, 6.45) is 0.273. The highest BCUT2D eigenvalue weighted by molar-refractivity contribution is 9.11. The Morgan fingerprint density at radius 2 is 2.29 bits per heavy atom. The summed E-state index contributed by atoms with van der Waals surface area (Å²) in [4.78, 5) is 11.5. The lowest BCUT2D eigenvalue weighted by atomic mass is 10.1. The third-order valence-electron chi connectivity index (χ3n) is 2.33. The molecule has 0 atom stereocenters. The molecule has 0 spiro atoms. The molecule has 0 amide bonds. The van der Waals surface area contributed by atoms with Crippen molar-refractivity contribution in [3.05, 3.63) is 32.6 Å². The van der Waals surface area contributed by atoms with Gasteiger partial charge in [-0.15, -0.1) is 11.3 Å². The van der Waals surface area contributed by atoms with Gasteiger partial charge in [0.2, 0.25) is 0 Å². The number of hydrogen-bond donors (Lipinski definition) is 0. The van der Waals surface area contributed by atoms with Gasteiger partial charge in [-0.25, -0.2) is 0 Å². The van der Waals surface area contributed by atoms with Crippen molar-refractivity contribution in [1.82, 2.24) is 0 Å². The minimum Gasteiger partial charge on any atom is -0.466 e. The van der Waals surface area contributed by atoms with Crippen molar-refractivity contribution in [3.8, 4) is 0 Å². The van der Waals surface area contributed by atoms with E-state index in [1.54, 1.807) is 18.3 Å². The molecule has 0 radical (unpaired) electrons. The highest BCUT2D eigenvalue weighted by Gasteiger charge is 2.14. The van der Waals surface area contributed by atoms with Crippen molar-refractivity contribution in [2.45, 2.75) is 13.3 Å². The van der Waals surface area contributed by atoms with Gasteiger partial charge in [0, 0.05) is 9.72 Å². The Hall–Kier alpha value is -0.580. The average molecular weight is 334 g/mol. The van der Waals surface area contributed by atoms with Gasteiger partial charge in [-0.2, -0.15) is 0 Å².